The molecule has 0 aliphatic carbocycles. The van der Waals surface area contributed by atoms with Crippen LogP contribution in [-0.4, -0.2) is 45.7 Å². The molecule has 1 aromatic heterocycles. The number of hydrogen-bond donors (Lipinski definition) is 0. The summed E-state index contributed by atoms with van der Waals surface area (Å²) in [7, 11) is 3.21. The summed E-state index contributed by atoms with van der Waals surface area (Å²) in [6.45, 7) is 0.540. The van der Waals surface area contributed by atoms with Gasteiger partial charge in [-0.2, -0.15) is 5.10 Å². The Morgan fingerprint density at radius 3 is 2.35 bits per heavy atom. The topological polar surface area (TPSA) is 56.6 Å². The number of methoxy groups -OCH3 is 2. The van der Waals surface area contributed by atoms with Crippen LogP contribution in [0.3, 0.4) is 0 Å². The summed E-state index contributed by atoms with van der Waals surface area (Å²) in [6.07, 6.45) is 4.54. The number of para-hydroxylation sites is 1. The molecule has 1 fully saturated rings. The van der Waals surface area contributed by atoms with Crippen molar-refractivity contribution in [3.8, 4) is 28.4 Å². The molecule has 1 aliphatic rings. The van der Waals surface area contributed by atoms with E-state index in [9.17, 15) is 4.79 Å². The van der Waals surface area contributed by atoms with E-state index >= 15 is 0 Å². The molecule has 186 valence electrons. The summed E-state index contributed by atoms with van der Waals surface area (Å²) in [6, 6.07) is 25.6. The Balaban J connectivity index is 1.50. The van der Waals surface area contributed by atoms with Gasteiger partial charge in [-0.05, 0) is 48.4 Å². The maximum absolute atomic E-state index is 13.3. The molecule has 5 rings (SSSR count). The molecule has 0 atom stereocenters. The van der Waals surface area contributed by atoms with Gasteiger partial charge in [0.1, 0.15) is 10.0 Å². The summed E-state index contributed by atoms with van der Waals surface area (Å²) in [5.41, 5.74) is 4.46. The van der Waals surface area contributed by atoms with Gasteiger partial charge in [0, 0.05) is 23.9 Å². The molecule has 0 saturated carbocycles. The Bertz CT molecular complexity index is 1470. The fourth-order valence-corrected chi connectivity index (χ4v) is 5.43. The van der Waals surface area contributed by atoms with Crippen LogP contribution < -0.4 is 9.47 Å². The lowest BCUT2D eigenvalue weighted by molar-refractivity contribution is -0.122. The van der Waals surface area contributed by atoms with Gasteiger partial charge in [-0.1, -0.05) is 72.5 Å². The van der Waals surface area contributed by atoms with Crippen molar-refractivity contribution in [2.45, 2.75) is 6.42 Å². The number of thiocarbonyl (C=S) groups is 1. The standard InChI is InChI=1S/C29H25N3O3S2/c1-34-24-14-13-21(17-25(24)35-2)27-22(19-32(30-27)23-11-7-4-8-12-23)18-26-28(33)31(29(36)37-26)16-15-20-9-5-3-6-10-20/h3-14,17-19H,15-16H2,1-2H3. The normalized spacial score (nSPS) is 14.4. The SMILES string of the molecule is COc1ccc(-c2nn(-c3ccccc3)cc2C=C2SC(=S)N(CCc3ccccc3)C2=O)cc1OC. The smallest absolute Gasteiger partial charge is 0.266 e. The second kappa shape index (κ2) is 11.0. The Morgan fingerprint density at radius 2 is 1.65 bits per heavy atom. The molecule has 3 aromatic carbocycles. The Labute approximate surface area is 225 Å². The van der Waals surface area contributed by atoms with Gasteiger partial charge in [-0.25, -0.2) is 4.68 Å². The van der Waals surface area contributed by atoms with E-state index in [1.54, 1.807) is 19.1 Å². The maximum atomic E-state index is 13.3. The second-order valence-electron chi connectivity index (χ2n) is 8.35. The van der Waals surface area contributed by atoms with Crippen LogP contribution in [0.15, 0.2) is 90.0 Å². The minimum absolute atomic E-state index is 0.0864. The molecule has 6 nitrogen and oxygen atoms in total. The van der Waals surface area contributed by atoms with Gasteiger partial charge in [0.2, 0.25) is 0 Å². The number of carbonyl (C=O) groups excluding carboxylic acids is 1. The van der Waals surface area contributed by atoms with Crippen LogP contribution >= 0.6 is 24.0 Å². The van der Waals surface area contributed by atoms with Gasteiger partial charge < -0.3 is 9.47 Å². The van der Waals surface area contributed by atoms with Crippen LogP contribution in [0.2, 0.25) is 0 Å². The lowest BCUT2D eigenvalue weighted by atomic mass is 10.1. The van der Waals surface area contributed by atoms with E-state index in [0.29, 0.717) is 27.3 Å². The number of hydrogen-bond acceptors (Lipinski definition) is 6. The number of ether oxygens (including phenoxy) is 2. The highest BCUT2D eigenvalue weighted by Gasteiger charge is 2.32. The van der Waals surface area contributed by atoms with E-state index in [1.807, 2.05) is 83.7 Å². The summed E-state index contributed by atoms with van der Waals surface area (Å²) >= 11 is 6.89. The van der Waals surface area contributed by atoms with Gasteiger partial charge in [-0.15, -0.1) is 0 Å². The number of amides is 1. The van der Waals surface area contributed by atoms with Crippen molar-refractivity contribution in [2.24, 2.45) is 0 Å². The lowest BCUT2D eigenvalue weighted by Crippen LogP contribution is -2.30. The number of benzene rings is 3. The van der Waals surface area contributed by atoms with Crippen molar-refractivity contribution in [1.29, 1.82) is 0 Å². The zero-order chi connectivity index (χ0) is 25.8. The average molecular weight is 528 g/mol. The average Bonchev–Trinajstić information content (AvgIpc) is 3.48. The Hall–Kier alpha value is -3.88. The van der Waals surface area contributed by atoms with E-state index in [2.05, 4.69) is 12.1 Å². The largest absolute Gasteiger partial charge is 0.493 e. The van der Waals surface area contributed by atoms with Crippen molar-refractivity contribution in [1.82, 2.24) is 14.7 Å². The molecule has 0 N–H and O–H groups in total. The van der Waals surface area contributed by atoms with E-state index < -0.39 is 0 Å². The molecule has 4 aromatic rings. The molecular weight excluding hydrogens is 502 g/mol. The molecule has 0 unspecified atom stereocenters. The highest BCUT2D eigenvalue weighted by molar-refractivity contribution is 8.26. The Morgan fingerprint density at radius 1 is 0.946 bits per heavy atom. The molecule has 8 heteroatoms. The Kier molecular flexibility index (Phi) is 7.39. The monoisotopic (exact) mass is 527 g/mol. The van der Waals surface area contributed by atoms with Crippen molar-refractivity contribution >= 4 is 40.3 Å². The first-order valence-electron chi connectivity index (χ1n) is 11.7. The van der Waals surface area contributed by atoms with Crippen molar-refractivity contribution in [3.05, 3.63) is 101 Å². The number of thioether (sulfide) groups is 1. The van der Waals surface area contributed by atoms with Crippen molar-refractivity contribution < 1.29 is 14.3 Å². The summed E-state index contributed by atoms with van der Waals surface area (Å²) in [4.78, 5) is 15.6. The number of nitrogens with zero attached hydrogens (tertiary/aromatic N) is 3. The van der Waals surface area contributed by atoms with E-state index in [1.165, 1.54) is 17.3 Å². The van der Waals surface area contributed by atoms with Gasteiger partial charge in [0.25, 0.3) is 5.91 Å². The number of aromatic nitrogens is 2. The molecule has 2 heterocycles. The van der Waals surface area contributed by atoms with E-state index in [4.69, 9.17) is 26.8 Å². The predicted octanol–water partition coefficient (Wildman–Crippen LogP) is 6.00. The van der Waals surface area contributed by atoms with Crippen LogP contribution in [0, 0.1) is 0 Å². The van der Waals surface area contributed by atoms with Gasteiger partial charge in [0.15, 0.2) is 11.5 Å². The summed E-state index contributed by atoms with van der Waals surface area (Å²) in [5.74, 6) is 1.15. The first-order valence-corrected chi connectivity index (χ1v) is 13.0. The third-order valence-corrected chi connectivity index (χ3v) is 7.43. The maximum Gasteiger partial charge on any atom is 0.266 e. The van der Waals surface area contributed by atoms with Gasteiger partial charge in [-0.3, -0.25) is 9.69 Å². The van der Waals surface area contributed by atoms with Crippen LogP contribution in [0.25, 0.3) is 23.0 Å². The highest BCUT2D eigenvalue weighted by atomic mass is 32.2. The third-order valence-electron chi connectivity index (χ3n) is 6.05. The molecule has 1 aliphatic heterocycles. The van der Waals surface area contributed by atoms with Crippen LogP contribution in [0.1, 0.15) is 11.1 Å². The fraction of sp³-hybridized carbons (Fsp3) is 0.138. The molecule has 37 heavy (non-hydrogen) atoms. The molecular formula is C29H25N3O3S2. The third kappa shape index (κ3) is 5.30. The molecule has 1 saturated heterocycles. The predicted molar refractivity (Wildman–Crippen MR) is 152 cm³/mol. The van der Waals surface area contributed by atoms with Crippen LogP contribution in [0.5, 0.6) is 11.5 Å². The molecule has 0 spiro atoms. The first-order chi connectivity index (χ1) is 18.1. The molecule has 1 amide bonds. The first kappa shape index (κ1) is 24.8. The highest BCUT2D eigenvalue weighted by Crippen LogP contribution is 2.37. The van der Waals surface area contributed by atoms with Gasteiger partial charge >= 0.3 is 0 Å². The fourth-order valence-electron chi connectivity index (χ4n) is 4.13. The van der Waals surface area contributed by atoms with Gasteiger partial charge in [0.05, 0.1) is 24.8 Å². The lowest BCUT2D eigenvalue weighted by Gasteiger charge is -2.14. The molecule has 0 radical (unpaired) electrons. The number of rotatable bonds is 8. The number of carbonyl (C=O) groups is 1. The van der Waals surface area contributed by atoms with Crippen LogP contribution in [-0.2, 0) is 11.2 Å². The van der Waals surface area contributed by atoms with E-state index in [0.717, 1.165) is 28.9 Å². The summed E-state index contributed by atoms with van der Waals surface area (Å²) in [5, 5.41) is 4.87. The second-order valence-corrected chi connectivity index (χ2v) is 10.0. The zero-order valence-electron chi connectivity index (χ0n) is 20.5. The summed E-state index contributed by atoms with van der Waals surface area (Å²) < 4.78 is 13.3. The van der Waals surface area contributed by atoms with Crippen LogP contribution in [0.4, 0.5) is 0 Å². The quantitative estimate of drug-likeness (QED) is 0.207. The minimum Gasteiger partial charge on any atom is -0.493 e. The molecule has 0 bridgehead atoms. The zero-order valence-corrected chi connectivity index (χ0v) is 22.1. The van der Waals surface area contributed by atoms with E-state index in [-0.39, 0.29) is 5.91 Å². The minimum atomic E-state index is -0.0864. The van der Waals surface area contributed by atoms with Crippen molar-refractivity contribution in [2.75, 3.05) is 20.8 Å². The van der Waals surface area contributed by atoms with Crippen molar-refractivity contribution in [3.63, 3.8) is 0 Å².